The van der Waals surface area contributed by atoms with Gasteiger partial charge in [0.1, 0.15) is 17.5 Å². The summed E-state index contributed by atoms with van der Waals surface area (Å²) in [5, 5.41) is 12.1. The number of nitriles is 1. The van der Waals surface area contributed by atoms with Crippen molar-refractivity contribution in [3.05, 3.63) is 53.7 Å². The molecule has 1 atom stereocenters. The SMILES string of the molecule is C[C@@H](NCc1ccnc(C#N)c1)c1ccco1. The van der Waals surface area contributed by atoms with Gasteiger partial charge in [-0.1, -0.05) is 0 Å². The molecule has 17 heavy (non-hydrogen) atoms. The topological polar surface area (TPSA) is 61.9 Å². The van der Waals surface area contributed by atoms with Crippen LogP contribution in [0.15, 0.2) is 41.1 Å². The van der Waals surface area contributed by atoms with E-state index in [0.717, 1.165) is 11.3 Å². The first-order valence-electron chi connectivity index (χ1n) is 5.41. The van der Waals surface area contributed by atoms with Crippen molar-refractivity contribution in [3.63, 3.8) is 0 Å². The average Bonchev–Trinajstić information content (AvgIpc) is 2.90. The van der Waals surface area contributed by atoms with Gasteiger partial charge in [-0.3, -0.25) is 0 Å². The van der Waals surface area contributed by atoms with E-state index in [9.17, 15) is 0 Å². The van der Waals surface area contributed by atoms with E-state index >= 15 is 0 Å². The van der Waals surface area contributed by atoms with Crippen molar-refractivity contribution in [3.8, 4) is 6.07 Å². The van der Waals surface area contributed by atoms with Crippen LogP contribution in [0.1, 0.15) is 30.0 Å². The van der Waals surface area contributed by atoms with Gasteiger partial charge in [-0.05, 0) is 36.8 Å². The third-order valence-electron chi connectivity index (χ3n) is 2.52. The van der Waals surface area contributed by atoms with E-state index in [1.807, 2.05) is 31.2 Å². The van der Waals surface area contributed by atoms with E-state index in [-0.39, 0.29) is 6.04 Å². The Morgan fingerprint density at radius 3 is 3.12 bits per heavy atom. The summed E-state index contributed by atoms with van der Waals surface area (Å²) < 4.78 is 5.30. The Morgan fingerprint density at radius 1 is 1.53 bits per heavy atom. The fourth-order valence-corrected chi connectivity index (χ4v) is 1.55. The van der Waals surface area contributed by atoms with Gasteiger partial charge in [0.05, 0.1) is 12.3 Å². The van der Waals surface area contributed by atoms with E-state index in [1.165, 1.54) is 0 Å². The standard InChI is InChI=1S/C13H13N3O/c1-10(13-3-2-6-17-13)16-9-11-4-5-15-12(7-11)8-14/h2-7,10,16H,9H2,1H3/t10-/m1/s1. The van der Waals surface area contributed by atoms with E-state index in [4.69, 9.17) is 9.68 Å². The summed E-state index contributed by atoms with van der Waals surface area (Å²) in [6, 6.07) is 9.64. The molecule has 0 spiro atoms. The van der Waals surface area contributed by atoms with Crippen LogP contribution in [0.4, 0.5) is 0 Å². The minimum atomic E-state index is 0.142. The first kappa shape index (κ1) is 11.4. The van der Waals surface area contributed by atoms with Gasteiger partial charge >= 0.3 is 0 Å². The lowest BCUT2D eigenvalue weighted by Gasteiger charge is -2.11. The Bertz CT molecular complexity index is 514. The van der Waals surface area contributed by atoms with Crippen LogP contribution in [0.2, 0.25) is 0 Å². The zero-order valence-corrected chi connectivity index (χ0v) is 9.55. The maximum absolute atomic E-state index is 8.74. The molecule has 2 aromatic heterocycles. The predicted molar refractivity (Wildman–Crippen MR) is 62.9 cm³/mol. The molecule has 0 bridgehead atoms. The highest BCUT2D eigenvalue weighted by molar-refractivity contribution is 5.25. The second kappa shape index (κ2) is 5.28. The molecule has 4 nitrogen and oxygen atoms in total. The van der Waals surface area contributed by atoms with E-state index in [2.05, 4.69) is 10.3 Å². The minimum Gasteiger partial charge on any atom is -0.468 e. The van der Waals surface area contributed by atoms with E-state index in [1.54, 1.807) is 18.5 Å². The molecular weight excluding hydrogens is 214 g/mol. The number of nitrogens with one attached hydrogen (secondary N) is 1. The number of pyridine rings is 1. The van der Waals surface area contributed by atoms with Crippen LogP contribution >= 0.6 is 0 Å². The minimum absolute atomic E-state index is 0.142. The van der Waals surface area contributed by atoms with Crippen LogP contribution in [0, 0.1) is 11.3 Å². The molecule has 0 aliphatic heterocycles. The molecule has 0 saturated carbocycles. The van der Waals surface area contributed by atoms with Crippen LogP contribution in [0.3, 0.4) is 0 Å². The van der Waals surface area contributed by atoms with Crippen LogP contribution < -0.4 is 5.32 Å². The molecule has 0 saturated heterocycles. The lowest BCUT2D eigenvalue weighted by molar-refractivity contribution is 0.430. The maximum Gasteiger partial charge on any atom is 0.140 e. The molecule has 2 heterocycles. The summed E-state index contributed by atoms with van der Waals surface area (Å²) in [6.07, 6.45) is 3.31. The summed E-state index contributed by atoms with van der Waals surface area (Å²) in [5.74, 6) is 0.902. The quantitative estimate of drug-likeness (QED) is 0.871. The summed E-state index contributed by atoms with van der Waals surface area (Å²) in [6.45, 7) is 2.71. The van der Waals surface area contributed by atoms with E-state index in [0.29, 0.717) is 12.2 Å². The summed E-state index contributed by atoms with van der Waals surface area (Å²) in [7, 11) is 0. The largest absolute Gasteiger partial charge is 0.468 e. The van der Waals surface area contributed by atoms with E-state index < -0.39 is 0 Å². The Kier molecular flexibility index (Phi) is 3.53. The molecule has 86 valence electrons. The molecule has 0 aromatic carbocycles. The molecular formula is C13H13N3O. The van der Waals surface area contributed by atoms with Crippen molar-refractivity contribution in [2.24, 2.45) is 0 Å². The number of rotatable bonds is 4. The van der Waals surface area contributed by atoms with Gasteiger partial charge in [0, 0.05) is 12.7 Å². The number of furan rings is 1. The highest BCUT2D eigenvalue weighted by Crippen LogP contribution is 2.13. The third-order valence-corrected chi connectivity index (χ3v) is 2.52. The Balaban J connectivity index is 1.96. The molecule has 0 fully saturated rings. The highest BCUT2D eigenvalue weighted by atomic mass is 16.3. The summed E-state index contributed by atoms with van der Waals surface area (Å²) in [5.41, 5.74) is 1.48. The molecule has 2 rings (SSSR count). The zero-order chi connectivity index (χ0) is 12.1. The smallest absolute Gasteiger partial charge is 0.140 e. The van der Waals surface area contributed by atoms with Crippen LogP contribution in [0.5, 0.6) is 0 Å². The van der Waals surface area contributed by atoms with Crippen molar-refractivity contribution in [2.45, 2.75) is 19.5 Å². The molecule has 0 amide bonds. The Labute approximate surface area is 99.9 Å². The molecule has 0 unspecified atom stereocenters. The number of hydrogen-bond acceptors (Lipinski definition) is 4. The summed E-state index contributed by atoms with van der Waals surface area (Å²) in [4.78, 5) is 3.93. The first-order chi connectivity index (χ1) is 8.29. The molecule has 0 aliphatic rings. The Hall–Kier alpha value is -2.12. The second-order valence-electron chi connectivity index (χ2n) is 3.78. The van der Waals surface area contributed by atoms with Crippen LogP contribution in [0.25, 0.3) is 0 Å². The van der Waals surface area contributed by atoms with Gasteiger partial charge < -0.3 is 9.73 Å². The molecule has 2 aromatic rings. The highest BCUT2D eigenvalue weighted by Gasteiger charge is 2.07. The monoisotopic (exact) mass is 227 g/mol. The normalized spacial score (nSPS) is 12.0. The van der Waals surface area contributed by atoms with Crippen molar-refractivity contribution in [2.75, 3.05) is 0 Å². The fourth-order valence-electron chi connectivity index (χ4n) is 1.55. The summed E-state index contributed by atoms with van der Waals surface area (Å²) >= 11 is 0. The van der Waals surface area contributed by atoms with Crippen molar-refractivity contribution in [1.29, 1.82) is 5.26 Å². The Morgan fingerprint density at radius 2 is 2.41 bits per heavy atom. The zero-order valence-electron chi connectivity index (χ0n) is 9.55. The fraction of sp³-hybridized carbons (Fsp3) is 0.231. The molecule has 0 radical (unpaired) electrons. The van der Waals surface area contributed by atoms with Crippen LogP contribution in [-0.4, -0.2) is 4.98 Å². The lowest BCUT2D eigenvalue weighted by Crippen LogP contribution is -2.17. The predicted octanol–water partition coefficient (Wildman–Crippen LogP) is 2.40. The van der Waals surface area contributed by atoms with Gasteiger partial charge in [-0.25, -0.2) is 4.98 Å². The van der Waals surface area contributed by atoms with Crippen LogP contribution in [-0.2, 0) is 6.54 Å². The van der Waals surface area contributed by atoms with Gasteiger partial charge in [-0.15, -0.1) is 0 Å². The number of nitrogens with zero attached hydrogens (tertiary/aromatic N) is 2. The third kappa shape index (κ3) is 2.92. The van der Waals surface area contributed by atoms with Gasteiger partial charge in [0.2, 0.25) is 0 Å². The molecule has 0 aliphatic carbocycles. The molecule has 4 heteroatoms. The van der Waals surface area contributed by atoms with Crippen molar-refractivity contribution in [1.82, 2.24) is 10.3 Å². The number of hydrogen-bond donors (Lipinski definition) is 1. The van der Waals surface area contributed by atoms with Gasteiger partial charge in [0.25, 0.3) is 0 Å². The second-order valence-corrected chi connectivity index (χ2v) is 3.78. The average molecular weight is 227 g/mol. The first-order valence-corrected chi connectivity index (χ1v) is 5.41. The maximum atomic E-state index is 8.74. The lowest BCUT2D eigenvalue weighted by atomic mass is 10.2. The number of aromatic nitrogens is 1. The van der Waals surface area contributed by atoms with Gasteiger partial charge in [-0.2, -0.15) is 5.26 Å². The van der Waals surface area contributed by atoms with Crippen molar-refractivity contribution < 1.29 is 4.42 Å². The van der Waals surface area contributed by atoms with Gasteiger partial charge in [0.15, 0.2) is 0 Å². The van der Waals surface area contributed by atoms with Crippen molar-refractivity contribution >= 4 is 0 Å². The molecule has 1 N–H and O–H groups in total.